The molecule has 0 aliphatic heterocycles. The third-order valence-electron chi connectivity index (χ3n) is 3.64. The van der Waals surface area contributed by atoms with Gasteiger partial charge in [-0.15, -0.1) is 10.2 Å². The van der Waals surface area contributed by atoms with E-state index < -0.39 is 0 Å². The Balaban J connectivity index is 1.43. The molecule has 0 aliphatic rings. The molecular formula is C20H21N3O2S2. The fourth-order valence-electron chi connectivity index (χ4n) is 2.61. The van der Waals surface area contributed by atoms with Gasteiger partial charge in [-0.3, -0.25) is 10.1 Å². The monoisotopic (exact) mass is 399 g/mol. The molecule has 2 aromatic carbocycles. The summed E-state index contributed by atoms with van der Waals surface area (Å²) in [6.07, 6.45) is 0. The molecule has 0 saturated heterocycles. The summed E-state index contributed by atoms with van der Waals surface area (Å²) in [7, 11) is 0. The molecule has 5 nitrogen and oxygen atoms in total. The maximum absolute atomic E-state index is 12.0. The Labute approximate surface area is 167 Å². The number of nitrogens with zero attached hydrogens (tertiary/aromatic N) is 2. The SMILES string of the molecule is Cc1cc(C)cc(CSc2nnc(NC(=O)COCc3ccccc3)s2)c1. The molecule has 3 rings (SSSR count). The van der Waals surface area contributed by atoms with E-state index in [1.807, 2.05) is 30.3 Å². The Morgan fingerprint density at radius 1 is 1.07 bits per heavy atom. The third-order valence-corrected chi connectivity index (χ3v) is 5.68. The number of anilines is 1. The summed E-state index contributed by atoms with van der Waals surface area (Å²) >= 11 is 2.99. The molecule has 140 valence electrons. The van der Waals surface area contributed by atoms with Crippen LogP contribution in [0.3, 0.4) is 0 Å². The van der Waals surface area contributed by atoms with Crippen molar-refractivity contribution < 1.29 is 9.53 Å². The number of amides is 1. The number of nitrogens with one attached hydrogen (secondary N) is 1. The van der Waals surface area contributed by atoms with Gasteiger partial charge in [0.05, 0.1) is 6.61 Å². The van der Waals surface area contributed by atoms with Gasteiger partial charge in [-0.2, -0.15) is 0 Å². The van der Waals surface area contributed by atoms with Crippen LogP contribution in [0, 0.1) is 13.8 Å². The Morgan fingerprint density at radius 3 is 2.56 bits per heavy atom. The van der Waals surface area contributed by atoms with Crippen molar-refractivity contribution in [3.05, 3.63) is 70.8 Å². The lowest BCUT2D eigenvalue weighted by molar-refractivity contribution is -0.121. The third kappa shape index (κ3) is 6.46. The van der Waals surface area contributed by atoms with E-state index in [4.69, 9.17) is 4.74 Å². The molecule has 0 atom stereocenters. The number of hydrogen-bond donors (Lipinski definition) is 1. The largest absolute Gasteiger partial charge is 0.367 e. The van der Waals surface area contributed by atoms with E-state index in [1.165, 1.54) is 28.0 Å². The van der Waals surface area contributed by atoms with Gasteiger partial charge in [0.25, 0.3) is 5.91 Å². The molecule has 0 saturated carbocycles. The van der Waals surface area contributed by atoms with Gasteiger partial charge in [-0.25, -0.2) is 0 Å². The van der Waals surface area contributed by atoms with Crippen LogP contribution in [0.25, 0.3) is 0 Å². The van der Waals surface area contributed by atoms with Crippen LogP contribution in [0.15, 0.2) is 52.9 Å². The predicted molar refractivity (Wildman–Crippen MR) is 110 cm³/mol. The Hall–Kier alpha value is -2.22. The van der Waals surface area contributed by atoms with E-state index >= 15 is 0 Å². The van der Waals surface area contributed by atoms with Crippen molar-refractivity contribution in [3.63, 3.8) is 0 Å². The molecule has 1 heterocycles. The summed E-state index contributed by atoms with van der Waals surface area (Å²) in [6.45, 7) is 4.58. The lowest BCUT2D eigenvalue weighted by Gasteiger charge is -2.04. The van der Waals surface area contributed by atoms with Crippen LogP contribution in [0.2, 0.25) is 0 Å². The van der Waals surface area contributed by atoms with Crippen molar-refractivity contribution in [2.24, 2.45) is 0 Å². The number of benzene rings is 2. The smallest absolute Gasteiger partial charge is 0.252 e. The first-order valence-electron chi connectivity index (χ1n) is 8.53. The molecule has 7 heteroatoms. The Morgan fingerprint density at radius 2 is 1.81 bits per heavy atom. The highest BCUT2D eigenvalue weighted by Gasteiger charge is 2.09. The average Bonchev–Trinajstić information content (AvgIpc) is 3.07. The summed E-state index contributed by atoms with van der Waals surface area (Å²) in [5, 5.41) is 11.4. The second-order valence-electron chi connectivity index (χ2n) is 6.18. The van der Waals surface area contributed by atoms with Crippen molar-refractivity contribution >= 4 is 34.1 Å². The van der Waals surface area contributed by atoms with E-state index in [-0.39, 0.29) is 12.5 Å². The number of thioether (sulfide) groups is 1. The minimum absolute atomic E-state index is 0.0144. The van der Waals surface area contributed by atoms with Crippen LogP contribution in [0.1, 0.15) is 22.3 Å². The fourth-order valence-corrected chi connectivity index (χ4v) is 4.31. The second-order valence-corrected chi connectivity index (χ2v) is 8.38. The molecule has 1 aromatic heterocycles. The first-order chi connectivity index (χ1) is 13.1. The summed E-state index contributed by atoms with van der Waals surface area (Å²) in [4.78, 5) is 12.0. The number of rotatable bonds is 8. The number of aromatic nitrogens is 2. The zero-order valence-corrected chi connectivity index (χ0v) is 16.9. The van der Waals surface area contributed by atoms with Gasteiger partial charge < -0.3 is 4.74 Å². The molecule has 1 N–H and O–H groups in total. The maximum atomic E-state index is 12.0. The van der Waals surface area contributed by atoms with Crippen molar-refractivity contribution in [2.45, 2.75) is 30.5 Å². The lowest BCUT2D eigenvalue weighted by atomic mass is 10.1. The maximum Gasteiger partial charge on any atom is 0.252 e. The van der Waals surface area contributed by atoms with Crippen LogP contribution in [-0.2, 0) is 21.9 Å². The lowest BCUT2D eigenvalue weighted by Crippen LogP contribution is -2.18. The second kappa shape index (κ2) is 9.64. The van der Waals surface area contributed by atoms with Crippen LogP contribution < -0.4 is 5.32 Å². The minimum Gasteiger partial charge on any atom is -0.367 e. The van der Waals surface area contributed by atoms with Gasteiger partial charge >= 0.3 is 0 Å². The van der Waals surface area contributed by atoms with Gasteiger partial charge in [0, 0.05) is 5.75 Å². The Kier molecular flexibility index (Phi) is 6.98. The van der Waals surface area contributed by atoms with Gasteiger partial charge in [0.2, 0.25) is 5.13 Å². The molecule has 0 fully saturated rings. The van der Waals surface area contributed by atoms with E-state index in [1.54, 1.807) is 11.8 Å². The van der Waals surface area contributed by atoms with Gasteiger partial charge in [-0.1, -0.05) is 82.8 Å². The van der Waals surface area contributed by atoms with Crippen molar-refractivity contribution in [2.75, 3.05) is 11.9 Å². The number of aryl methyl sites for hydroxylation is 2. The van der Waals surface area contributed by atoms with E-state index in [9.17, 15) is 4.79 Å². The van der Waals surface area contributed by atoms with Crippen molar-refractivity contribution in [1.29, 1.82) is 0 Å². The Bertz CT molecular complexity index is 877. The summed E-state index contributed by atoms with van der Waals surface area (Å²) in [5.41, 5.74) is 4.80. The summed E-state index contributed by atoms with van der Waals surface area (Å²) in [5.74, 6) is 0.596. The molecule has 3 aromatic rings. The highest BCUT2D eigenvalue weighted by Crippen LogP contribution is 2.28. The highest BCUT2D eigenvalue weighted by atomic mass is 32.2. The van der Waals surface area contributed by atoms with Gasteiger partial charge in [0.1, 0.15) is 6.61 Å². The van der Waals surface area contributed by atoms with Crippen molar-refractivity contribution in [1.82, 2.24) is 10.2 Å². The van der Waals surface area contributed by atoms with Crippen LogP contribution in [0.4, 0.5) is 5.13 Å². The van der Waals surface area contributed by atoms with Crippen molar-refractivity contribution in [3.8, 4) is 0 Å². The summed E-state index contributed by atoms with van der Waals surface area (Å²) < 4.78 is 6.26. The standard InChI is InChI=1S/C20H21N3O2S2/c1-14-8-15(2)10-17(9-14)13-26-20-23-22-19(27-20)21-18(24)12-25-11-16-6-4-3-5-7-16/h3-10H,11-13H2,1-2H3,(H,21,22,24). The molecule has 0 radical (unpaired) electrons. The quantitative estimate of drug-likeness (QED) is 0.443. The highest BCUT2D eigenvalue weighted by molar-refractivity contribution is 8.00. The van der Waals surface area contributed by atoms with Gasteiger partial charge in [0.15, 0.2) is 4.34 Å². The number of carbonyl (C=O) groups excluding carboxylic acids is 1. The topological polar surface area (TPSA) is 64.1 Å². The first-order valence-corrected chi connectivity index (χ1v) is 10.3. The summed E-state index contributed by atoms with van der Waals surface area (Å²) in [6, 6.07) is 16.3. The number of carbonyl (C=O) groups is 1. The number of hydrogen-bond acceptors (Lipinski definition) is 6. The van der Waals surface area contributed by atoms with E-state index in [0.717, 1.165) is 15.7 Å². The zero-order chi connectivity index (χ0) is 19.1. The minimum atomic E-state index is -0.229. The first kappa shape index (κ1) is 19.5. The molecule has 0 bridgehead atoms. The van der Waals surface area contributed by atoms with Crippen LogP contribution in [-0.4, -0.2) is 22.7 Å². The molecule has 1 amide bonds. The van der Waals surface area contributed by atoms with Gasteiger partial charge in [-0.05, 0) is 25.0 Å². The molecule has 0 spiro atoms. The average molecular weight is 400 g/mol. The van der Waals surface area contributed by atoms with E-state index in [2.05, 4.69) is 47.6 Å². The predicted octanol–water partition coefficient (Wildman–Crippen LogP) is 4.60. The molecule has 0 aliphatic carbocycles. The van der Waals surface area contributed by atoms with Crippen LogP contribution in [0.5, 0.6) is 0 Å². The molecular weight excluding hydrogens is 378 g/mol. The molecule has 27 heavy (non-hydrogen) atoms. The molecule has 0 unspecified atom stereocenters. The fraction of sp³-hybridized carbons (Fsp3) is 0.250. The van der Waals surface area contributed by atoms with E-state index in [0.29, 0.717) is 11.7 Å². The number of ether oxygens (including phenoxy) is 1. The van der Waals surface area contributed by atoms with Crippen LogP contribution >= 0.6 is 23.1 Å². The zero-order valence-electron chi connectivity index (χ0n) is 15.3. The normalized spacial score (nSPS) is 10.7.